The smallest absolute Gasteiger partial charge is 0.157 e. The highest BCUT2D eigenvalue weighted by molar-refractivity contribution is 7.92. The molecule has 2 fully saturated rings. The molecule has 2 aliphatic heterocycles. The summed E-state index contributed by atoms with van der Waals surface area (Å²) < 4.78 is 48.8. The molecule has 0 N–H and O–H groups in total. The number of sulfone groups is 1. The average Bonchev–Trinajstić information content (AvgIpc) is 2.98. The second-order valence-corrected chi connectivity index (χ2v) is 8.49. The summed E-state index contributed by atoms with van der Waals surface area (Å²) >= 11 is 0. The Hall–Kier alpha value is -1.18. The largest absolute Gasteiger partial charge is 0.494 e. The topological polar surface area (TPSA) is 55.8 Å². The number of rotatable bonds is 5. The molecule has 7 heteroatoms. The minimum atomic E-state index is -3.10. The molecule has 0 saturated carbocycles. The predicted molar refractivity (Wildman–Crippen MR) is 84.7 cm³/mol. The van der Waals surface area contributed by atoms with Crippen LogP contribution >= 0.6 is 0 Å². The second-order valence-electron chi connectivity index (χ2n) is 6.23. The number of methoxy groups -OCH3 is 1. The van der Waals surface area contributed by atoms with Crippen LogP contribution in [-0.4, -0.2) is 57.2 Å². The van der Waals surface area contributed by atoms with Crippen molar-refractivity contribution in [3.8, 4) is 5.75 Å². The number of hydrogen-bond donors (Lipinski definition) is 0. The van der Waals surface area contributed by atoms with Gasteiger partial charge in [-0.1, -0.05) is 0 Å². The van der Waals surface area contributed by atoms with Crippen LogP contribution in [0, 0.1) is 11.7 Å². The highest BCUT2D eigenvalue weighted by Crippen LogP contribution is 2.36. The van der Waals surface area contributed by atoms with Crippen LogP contribution in [0.5, 0.6) is 5.75 Å². The quantitative estimate of drug-likeness (QED) is 0.810. The lowest BCUT2D eigenvalue weighted by Crippen LogP contribution is -2.28. The van der Waals surface area contributed by atoms with E-state index in [-0.39, 0.29) is 28.8 Å². The first kappa shape index (κ1) is 16.7. The molecule has 0 aromatic heterocycles. The summed E-state index contributed by atoms with van der Waals surface area (Å²) in [5, 5.41) is -0.368. The lowest BCUT2D eigenvalue weighted by Gasteiger charge is -2.19. The summed E-state index contributed by atoms with van der Waals surface area (Å²) in [6, 6.07) is 4.64. The Morgan fingerprint density at radius 3 is 2.78 bits per heavy atom. The molecule has 0 radical (unpaired) electrons. The van der Waals surface area contributed by atoms with Gasteiger partial charge < -0.3 is 9.47 Å². The minimum absolute atomic E-state index is 0.00456. The molecule has 23 heavy (non-hydrogen) atoms. The number of fused-ring (bicyclic) bond motifs is 1. The summed E-state index contributed by atoms with van der Waals surface area (Å²) in [4.78, 5) is 2.06. The zero-order valence-electron chi connectivity index (χ0n) is 13.4. The van der Waals surface area contributed by atoms with Gasteiger partial charge in [0.2, 0.25) is 0 Å². The van der Waals surface area contributed by atoms with Gasteiger partial charge in [-0.05, 0) is 24.6 Å². The maximum absolute atomic E-state index is 13.7. The van der Waals surface area contributed by atoms with Crippen LogP contribution in [0.15, 0.2) is 18.2 Å². The summed E-state index contributed by atoms with van der Waals surface area (Å²) in [6.45, 7) is 3.97. The van der Waals surface area contributed by atoms with Crippen molar-refractivity contribution in [3.05, 3.63) is 29.6 Å². The molecular formula is C16H22FNO4S. The van der Waals surface area contributed by atoms with Crippen molar-refractivity contribution in [2.24, 2.45) is 5.92 Å². The van der Waals surface area contributed by atoms with E-state index in [1.807, 2.05) is 13.0 Å². The van der Waals surface area contributed by atoms with E-state index in [0.717, 1.165) is 5.56 Å². The lowest BCUT2D eigenvalue weighted by atomic mass is 10.0. The Morgan fingerprint density at radius 2 is 2.09 bits per heavy atom. The molecule has 3 atom stereocenters. The third kappa shape index (κ3) is 3.36. The Bertz CT molecular complexity index is 679. The SMILES string of the molecule is CCOc1cc(F)cc(CN2C[C@@H]3[C@@H](OC)CS(=O)(=O)[C@@H]3C2)c1. The fourth-order valence-electron chi connectivity index (χ4n) is 3.69. The monoisotopic (exact) mass is 343 g/mol. The van der Waals surface area contributed by atoms with Gasteiger partial charge in [0, 0.05) is 38.7 Å². The van der Waals surface area contributed by atoms with Gasteiger partial charge in [-0.2, -0.15) is 0 Å². The average molecular weight is 343 g/mol. The maximum atomic E-state index is 13.7. The molecule has 0 amide bonds. The maximum Gasteiger partial charge on any atom is 0.157 e. The third-order valence-electron chi connectivity index (χ3n) is 4.67. The van der Waals surface area contributed by atoms with Crippen LogP contribution in [0.25, 0.3) is 0 Å². The molecule has 2 heterocycles. The van der Waals surface area contributed by atoms with Gasteiger partial charge in [-0.3, -0.25) is 4.90 Å². The van der Waals surface area contributed by atoms with Crippen LogP contribution in [0.2, 0.25) is 0 Å². The number of nitrogens with zero attached hydrogens (tertiary/aromatic N) is 1. The van der Waals surface area contributed by atoms with Crippen molar-refractivity contribution in [2.45, 2.75) is 24.8 Å². The second kappa shape index (κ2) is 6.37. The molecule has 0 bridgehead atoms. The van der Waals surface area contributed by atoms with Crippen LogP contribution in [0.4, 0.5) is 4.39 Å². The number of benzene rings is 1. The van der Waals surface area contributed by atoms with Gasteiger partial charge >= 0.3 is 0 Å². The summed E-state index contributed by atoms with van der Waals surface area (Å²) in [7, 11) is -1.54. The van der Waals surface area contributed by atoms with Crippen LogP contribution in [0.1, 0.15) is 12.5 Å². The van der Waals surface area contributed by atoms with Gasteiger partial charge in [0.1, 0.15) is 11.6 Å². The first-order chi connectivity index (χ1) is 10.9. The number of hydrogen-bond acceptors (Lipinski definition) is 5. The Morgan fingerprint density at radius 1 is 1.30 bits per heavy atom. The number of ether oxygens (including phenoxy) is 2. The standard InChI is InChI=1S/C16H22FNO4S/c1-3-22-13-5-11(4-12(17)6-13)7-18-8-14-15(21-2)10-23(19,20)16(14)9-18/h4-6,14-16H,3,7-10H2,1-2H3/t14-,15+,16-/m1/s1. The van der Waals surface area contributed by atoms with Crippen molar-refractivity contribution < 1.29 is 22.3 Å². The fourth-order valence-corrected chi connectivity index (χ4v) is 6.01. The normalized spacial score (nSPS) is 29.6. The zero-order chi connectivity index (χ0) is 16.6. The Labute approximate surface area is 136 Å². The van der Waals surface area contributed by atoms with Gasteiger partial charge in [0.05, 0.1) is 23.7 Å². The zero-order valence-corrected chi connectivity index (χ0v) is 14.2. The molecule has 0 spiro atoms. The Kier molecular flexibility index (Phi) is 4.62. The van der Waals surface area contributed by atoms with E-state index in [1.165, 1.54) is 12.1 Å². The number of halogens is 1. The summed E-state index contributed by atoms with van der Waals surface area (Å²) in [5.74, 6) is 0.281. The molecule has 0 aliphatic carbocycles. The van der Waals surface area contributed by atoms with E-state index in [4.69, 9.17) is 9.47 Å². The van der Waals surface area contributed by atoms with Crippen molar-refractivity contribution in [1.82, 2.24) is 4.90 Å². The molecule has 2 saturated heterocycles. The van der Waals surface area contributed by atoms with E-state index < -0.39 is 9.84 Å². The van der Waals surface area contributed by atoms with E-state index >= 15 is 0 Å². The van der Waals surface area contributed by atoms with Crippen LogP contribution in [0.3, 0.4) is 0 Å². The molecule has 2 aliphatic rings. The highest BCUT2D eigenvalue weighted by atomic mass is 32.2. The van der Waals surface area contributed by atoms with E-state index in [2.05, 4.69) is 4.90 Å². The molecule has 1 aromatic rings. The van der Waals surface area contributed by atoms with E-state index in [1.54, 1.807) is 7.11 Å². The van der Waals surface area contributed by atoms with Gasteiger partial charge in [-0.15, -0.1) is 0 Å². The molecule has 128 valence electrons. The van der Waals surface area contributed by atoms with Gasteiger partial charge in [0.25, 0.3) is 0 Å². The minimum Gasteiger partial charge on any atom is -0.494 e. The molecule has 5 nitrogen and oxygen atoms in total. The van der Waals surface area contributed by atoms with E-state index in [9.17, 15) is 12.8 Å². The van der Waals surface area contributed by atoms with Crippen molar-refractivity contribution >= 4 is 9.84 Å². The molecule has 1 aromatic carbocycles. The van der Waals surface area contributed by atoms with Crippen molar-refractivity contribution in [1.29, 1.82) is 0 Å². The van der Waals surface area contributed by atoms with Crippen molar-refractivity contribution in [3.63, 3.8) is 0 Å². The van der Waals surface area contributed by atoms with Crippen molar-refractivity contribution in [2.75, 3.05) is 32.6 Å². The lowest BCUT2D eigenvalue weighted by molar-refractivity contribution is 0.0802. The fraction of sp³-hybridized carbons (Fsp3) is 0.625. The molecule has 0 unspecified atom stereocenters. The predicted octanol–water partition coefficient (Wildman–Crippen LogP) is 1.47. The highest BCUT2D eigenvalue weighted by Gasteiger charge is 2.52. The van der Waals surface area contributed by atoms with Gasteiger partial charge in [0.15, 0.2) is 9.84 Å². The Balaban J connectivity index is 1.73. The summed E-state index contributed by atoms with van der Waals surface area (Å²) in [5.41, 5.74) is 0.791. The first-order valence-electron chi connectivity index (χ1n) is 7.82. The third-order valence-corrected chi connectivity index (χ3v) is 6.89. The number of likely N-dealkylation sites (tertiary alicyclic amines) is 1. The summed E-state index contributed by atoms with van der Waals surface area (Å²) in [6.07, 6.45) is -0.235. The van der Waals surface area contributed by atoms with Crippen LogP contribution in [-0.2, 0) is 21.1 Å². The van der Waals surface area contributed by atoms with E-state index in [0.29, 0.717) is 32.0 Å². The molecule has 3 rings (SSSR count). The molecular weight excluding hydrogens is 321 g/mol. The van der Waals surface area contributed by atoms with Crippen LogP contribution < -0.4 is 4.74 Å². The first-order valence-corrected chi connectivity index (χ1v) is 9.53. The van der Waals surface area contributed by atoms with Gasteiger partial charge in [-0.25, -0.2) is 12.8 Å².